The van der Waals surface area contributed by atoms with E-state index in [1.54, 1.807) is 30.3 Å². The van der Waals surface area contributed by atoms with Crippen molar-refractivity contribution in [2.75, 3.05) is 0 Å². The Morgan fingerprint density at radius 2 is 1.93 bits per heavy atom. The van der Waals surface area contributed by atoms with Crippen LogP contribution in [0, 0.1) is 0 Å². The van der Waals surface area contributed by atoms with Crippen LogP contribution < -0.4 is 0 Å². The van der Waals surface area contributed by atoms with Crippen molar-refractivity contribution in [2.45, 2.75) is 19.7 Å². The Morgan fingerprint density at radius 1 is 1.33 bits per heavy atom. The Bertz CT molecular complexity index is 346. The van der Waals surface area contributed by atoms with Crippen molar-refractivity contribution in [3.05, 3.63) is 35.9 Å². The van der Waals surface area contributed by atoms with Gasteiger partial charge in [-0.05, 0) is 0 Å². The quantitative estimate of drug-likeness (QED) is 0.434. The molecule has 0 radical (unpaired) electrons. The van der Waals surface area contributed by atoms with E-state index < -0.39 is 18.7 Å². The van der Waals surface area contributed by atoms with E-state index in [1.807, 2.05) is 0 Å². The van der Waals surface area contributed by atoms with Crippen molar-refractivity contribution in [3.8, 4) is 0 Å². The van der Waals surface area contributed by atoms with Crippen LogP contribution in [0.4, 0.5) is 4.39 Å². The van der Waals surface area contributed by atoms with Gasteiger partial charge in [0.1, 0.15) is 6.42 Å². The maximum Gasteiger partial charge on any atom is 0.316 e. The fourth-order valence-electron chi connectivity index (χ4n) is 1.08. The van der Waals surface area contributed by atoms with E-state index in [-0.39, 0.29) is 5.78 Å². The van der Waals surface area contributed by atoms with E-state index in [0.29, 0.717) is 5.56 Å². The van der Waals surface area contributed by atoms with E-state index in [9.17, 15) is 14.0 Å². The Hall–Kier alpha value is -1.71. The first-order valence-corrected chi connectivity index (χ1v) is 4.51. The molecule has 0 saturated heterocycles. The summed E-state index contributed by atoms with van der Waals surface area (Å²) < 4.78 is 16.5. The van der Waals surface area contributed by atoms with Gasteiger partial charge in [0.25, 0.3) is 0 Å². The fraction of sp³-hybridized carbons (Fsp3) is 0.273. The highest BCUT2D eigenvalue weighted by atomic mass is 19.1. The molecule has 4 heteroatoms. The summed E-state index contributed by atoms with van der Waals surface area (Å²) in [5.41, 5.74) is 0.418. The average molecular weight is 210 g/mol. The van der Waals surface area contributed by atoms with Crippen molar-refractivity contribution in [2.24, 2.45) is 0 Å². The Labute approximate surface area is 86.9 Å². The molecule has 1 unspecified atom stereocenters. The van der Waals surface area contributed by atoms with E-state index >= 15 is 0 Å². The molecule has 1 aromatic carbocycles. The SMILES string of the molecule is CC(F)OC(=O)CC(=O)c1ccccc1. The number of hydrogen-bond acceptors (Lipinski definition) is 3. The molecule has 1 aromatic rings. The number of hydrogen-bond donors (Lipinski definition) is 0. The van der Waals surface area contributed by atoms with Crippen molar-refractivity contribution in [1.82, 2.24) is 0 Å². The lowest BCUT2D eigenvalue weighted by Gasteiger charge is -2.04. The number of carbonyl (C=O) groups is 2. The molecule has 1 rings (SSSR count). The summed E-state index contributed by atoms with van der Waals surface area (Å²) >= 11 is 0. The molecule has 0 saturated carbocycles. The summed E-state index contributed by atoms with van der Waals surface area (Å²) in [5.74, 6) is -1.22. The van der Waals surface area contributed by atoms with Crippen LogP contribution in [0.2, 0.25) is 0 Å². The predicted octanol–water partition coefficient (Wildman–Crippen LogP) is 2.12. The van der Waals surface area contributed by atoms with Crippen molar-refractivity contribution < 1.29 is 18.7 Å². The summed E-state index contributed by atoms with van der Waals surface area (Å²) in [7, 11) is 0. The molecule has 0 aliphatic carbocycles. The van der Waals surface area contributed by atoms with E-state index in [1.165, 1.54) is 0 Å². The van der Waals surface area contributed by atoms with Crippen LogP contribution in [0.3, 0.4) is 0 Å². The molecule has 0 spiro atoms. The number of alkyl halides is 1. The lowest BCUT2D eigenvalue weighted by molar-refractivity contribution is -0.154. The number of ketones is 1. The third kappa shape index (κ3) is 3.89. The summed E-state index contributed by atoms with van der Waals surface area (Å²) in [5, 5.41) is 0. The van der Waals surface area contributed by atoms with Crippen LogP contribution in [0.1, 0.15) is 23.7 Å². The summed E-state index contributed by atoms with van der Waals surface area (Å²) in [4.78, 5) is 22.4. The van der Waals surface area contributed by atoms with Gasteiger partial charge < -0.3 is 4.74 Å². The number of carbonyl (C=O) groups excluding carboxylic acids is 2. The van der Waals surface area contributed by atoms with Gasteiger partial charge in [-0.15, -0.1) is 0 Å². The van der Waals surface area contributed by atoms with Crippen LogP contribution in [0.25, 0.3) is 0 Å². The van der Waals surface area contributed by atoms with Crippen LogP contribution in [-0.2, 0) is 9.53 Å². The number of rotatable bonds is 4. The maximum absolute atomic E-state index is 12.3. The molecular weight excluding hydrogens is 199 g/mol. The van der Waals surface area contributed by atoms with Gasteiger partial charge in [0.2, 0.25) is 6.36 Å². The number of Topliss-reactive ketones (excluding diaryl/α,β-unsaturated/α-hetero) is 1. The summed E-state index contributed by atoms with van der Waals surface area (Å²) in [6, 6.07) is 8.33. The summed E-state index contributed by atoms with van der Waals surface area (Å²) in [6.07, 6.45) is -2.11. The average Bonchev–Trinajstić information content (AvgIpc) is 2.17. The molecule has 80 valence electrons. The monoisotopic (exact) mass is 210 g/mol. The Kier molecular flexibility index (Phi) is 3.97. The zero-order chi connectivity index (χ0) is 11.3. The fourth-order valence-corrected chi connectivity index (χ4v) is 1.08. The third-order valence-electron chi connectivity index (χ3n) is 1.69. The van der Waals surface area contributed by atoms with Gasteiger partial charge in [0, 0.05) is 12.5 Å². The molecule has 0 fully saturated rings. The maximum atomic E-state index is 12.3. The molecule has 0 aliphatic heterocycles. The van der Waals surface area contributed by atoms with Gasteiger partial charge in [-0.25, -0.2) is 4.39 Å². The van der Waals surface area contributed by atoms with Crippen molar-refractivity contribution in [1.29, 1.82) is 0 Å². The molecule has 15 heavy (non-hydrogen) atoms. The number of halogens is 1. The van der Waals surface area contributed by atoms with Crippen LogP contribution in [0.5, 0.6) is 0 Å². The van der Waals surface area contributed by atoms with Crippen molar-refractivity contribution in [3.63, 3.8) is 0 Å². The van der Waals surface area contributed by atoms with Gasteiger partial charge in [-0.2, -0.15) is 0 Å². The minimum atomic E-state index is -1.68. The topological polar surface area (TPSA) is 43.4 Å². The highest BCUT2D eigenvalue weighted by Crippen LogP contribution is 2.05. The second-order valence-electron chi connectivity index (χ2n) is 3.00. The second kappa shape index (κ2) is 5.24. The number of ether oxygens (including phenoxy) is 1. The zero-order valence-electron chi connectivity index (χ0n) is 8.27. The van der Waals surface area contributed by atoms with E-state index in [0.717, 1.165) is 6.92 Å². The van der Waals surface area contributed by atoms with Crippen LogP contribution in [-0.4, -0.2) is 18.1 Å². The third-order valence-corrected chi connectivity index (χ3v) is 1.69. The molecule has 0 heterocycles. The Balaban J connectivity index is 2.53. The number of benzene rings is 1. The molecule has 3 nitrogen and oxygen atoms in total. The molecule has 1 atom stereocenters. The molecule has 0 bridgehead atoms. The lowest BCUT2D eigenvalue weighted by atomic mass is 10.1. The molecule has 0 N–H and O–H groups in total. The Morgan fingerprint density at radius 3 is 2.47 bits per heavy atom. The van der Waals surface area contributed by atoms with Crippen LogP contribution in [0.15, 0.2) is 30.3 Å². The van der Waals surface area contributed by atoms with Gasteiger partial charge in [0.15, 0.2) is 5.78 Å². The summed E-state index contributed by atoms with van der Waals surface area (Å²) in [6.45, 7) is 1.09. The highest BCUT2D eigenvalue weighted by molar-refractivity contribution is 6.05. The zero-order valence-corrected chi connectivity index (χ0v) is 8.27. The minimum Gasteiger partial charge on any atom is -0.431 e. The largest absolute Gasteiger partial charge is 0.431 e. The smallest absolute Gasteiger partial charge is 0.316 e. The molecular formula is C11H11FO3. The minimum absolute atomic E-state index is 0.374. The first-order valence-electron chi connectivity index (χ1n) is 4.51. The standard InChI is InChI=1S/C11H11FO3/c1-8(12)15-11(14)7-10(13)9-5-3-2-4-6-9/h2-6,8H,7H2,1H3. The second-order valence-corrected chi connectivity index (χ2v) is 3.00. The first-order chi connectivity index (χ1) is 7.09. The van der Waals surface area contributed by atoms with Gasteiger partial charge in [-0.3, -0.25) is 9.59 Å². The predicted molar refractivity (Wildman–Crippen MR) is 52.1 cm³/mol. The van der Waals surface area contributed by atoms with Gasteiger partial charge in [0.05, 0.1) is 0 Å². The van der Waals surface area contributed by atoms with Gasteiger partial charge >= 0.3 is 5.97 Å². The molecule has 0 amide bonds. The molecule has 0 aromatic heterocycles. The molecule has 0 aliphatic rings. The van der Waals surface area contributed by atoms with Crippen LogP contribution >= 0.6 is 0 Å². The van der Waals surface area contributed by atoms with E-state index in [2.05, 4.69) is 4.74 Å². The normalized spacial score (nSPS) is 11.9. The van der Waals surface area contributed by atoms with Gasteiger partial charge in [-0.1, -0.05) is 30.3 Å². The lowest BCUT2D eigenvalue weighted by Crippen LogP contribution is -2.14. The van der Waals surface area contributed by atoms with Crippen molar-refractivity contribution >= 4 is 11.8 Å². The first kappa shape index (κ1) is 11.4. The number of esters is 1. The van der Waals surface area contributed by atoms with E-state index in [4.69, 9.17) is 0 Å². The highest BCUT2D eigenvalue weighted by Gasteiger charge is 2.14.